The van der Waals surface area contributed by atoms with E-state index in [1.165, 1.54) is 0 Å². The summed E-state index contributed by atoms with van der Waals surface area (Å²) >= 11 is 8.68. The van der Waals surface area contributed by atoms with Crippen LogP contribution in [0.15, 0.2) is 0 Å². The van der Waals surface area contributed by atoms with Gasteiger partial charge in [-0.25, -0.2) is 26.7 Å². The molecule has 0 aliphatic carbocycles. The number of halogens is 2. The van der Waals surface area contributed by atoms with E-state index in [1.54, 1.807) is 0 Å². The van der Waals surface area contributed by atoms with Crippen LogP contribution in [0.2, 0.25) is 0 Å². The Morgan fingerprint density at radius 3 is 0.643 bits per heavy atom. The van der Waals surface area contributed by atoms with Gasteiger partial charge in [0, 0.05) is 0 Å². The van der Waals surface area contributed by atoms with Gasteiger partial charge in [-0.1, -0.05) is 0 Å². The van der Waals surface area contributed by atoms with Crippen LogP contribution in [0.1, 0.15) is 0 Å². The van der Waals surface area contributed by atoms with Crippen LogP contribution in [-0.4, -0.2) is 26.7 Å². The van der Waals surface area contributed by atoms with Gasteiger partial charge in [-0.05, 0) is 26.7 Å². The summed E-state index contributed by atoms with van der Waals surface area (Å²) in [6.45, 7) is 23.4. The van der Waals surface area contributed by atoms with E-state index in [1.807, 2.05) is 0 Å². The van der Waals surface area contributed by atoms with E-state index in [4.69, 9.17) is 0 Å². The van der Waals surface area contributed by atoms with E-state index >= 15 is 0 Å². The predicted molar refractivity (Wildman–Crippen MR) is 87.0 cm³/mol. The Labute approximate surface area is 138 Å². The quantitative estimate of drug-likeness (QED) is 0.132. The number of hydrogen-bond donors (Lipinski definition) is 0. The van der Waals surface area contributed by atoms with Crippen molar-refractivity contribution in [2.45, 2.75) is 0 Å². The third-order valence-electron chi connectivity index (χ3n) is 0. The zero-order valence-electron chi connectivity index (χ0n) is 9.08. The number of rotatable bonds is 0. The van der Waals surface area contributed by atoms with Gasteiger partial charge >= 0.3 is 72.5 Å². The van der Waals surface area contributed by atoms with Gasteiger partial charge in [-0.15, -0.1) is 0 Å². The molecule has 0 rings (SSSR count). The first-order valence-corrected chi connectivity index (χ1v) is 21.7. The van der Waals surface area contributed by atoms with E-state index in [2.05, 4.69) is 126 Å². The molecule has 0 aromatic heterocycles. The van der Waals surface area contributed by atoms with Crippen molar-refractivity contribution < 1.29 is 34.5 Å². The van der Waals surface area contributed by atoms with Crippen LogP contribution in [0, 0.1) is 26.7 Å². The van der Waals surface area contributed by atoms with Crippen molar-refractivity contribution >= 4 is 52.6 Å². The van der Waals surface area contributed by atoms with Crippen molar-refractivity contribution in [2.75, 3.05) is 26.7 Å². The van der Waals surface area contributed by atoms with E-state index < -0.39 is 14.5 Å². The van der Waals surface area contributed by atoms with Gasteiger partial charge in [0.1, 0.15) is 0 Å². The van der Waals surface area contributed by atoms with Gasteiger partial charge < -0.3 is 0 Å². The SMILES string of the molecule is [CH2-][P+]([CH2-])(C)C.[CH2-][P+]([CH2-])(C)C.[I][Au].[I][Au]. The topological polar surface area (TPSA) is 0 Å². The summed E-state index contributed by atoms with van der Waals surface area (Å²) in [5.74, 6) is 0. The summed E-state index contributed by atoms with van der Waals surface area (Å²) in [4.78, 5) is 0. The molecule has 6 heteroatoms. The maximum absolute atomic E-state index is 3.77. The van der Waals surface area contributed by atoms with Crippen molar-refractivity contribution in [3.05, 3.63) is 26.7 Å². The molecule has 0 unspecified atom stereocenters. The Morgan fingerprint density at radius 2 is 0.643 bits per heavy atom. The molecular weight excluding hydrogens is 806 g/mol. The van der Waals surface area contributed by atoms with Crippen molar-refractivity contribution in [3.8, 4) is 0 Å². The fourth-order valence-electron chi connectivity index (χ4n) is 0. The van der Waals surface area contributed by atoms with E-state index in [0.717, 1.165) is 0 Å². The molecule has 0 N–H and O–H groups in total. The van der Waals surface area contributed by atoms with E-state index in [-0.39, 0.29) is 0 Å². The zero-order chi connectivity index (χ0) is 13.0. The second-order valence-electron chi connectivity index (χ2n) is 3.87. The van der Waals surface area contributed by atoms with Gasteiger partial charge in [0.25, 0.3) is 0 Å². The first-order valence-electron chi connectivity index (χ1n) is 3.28. The van der Waals surface area contributed by atoms with Crippen LogP contribution in [0.3, 0.4) is 0 Å². The molecule has 0 spiro atoms. The molecular formula is C8H20Au2I2P2-2. The number of hydrogen-bond acceptors (Lipinski definition) is 0. The minimum atomic E-state index is -0.889. The molecule has 0 heterocycles. The van der Waals surface area contributed by atoms with Crippen LogP contribution >= 0.6 is 52.6 Å². The summed E-state index contributed by atoms with van der Waals surface area (Å²) in [7, 11) is -1.78. The fraction of sp³-hybridized carbons (Fsp3) is 0.500. The molecule has 0 aliphatic rings. The van der Waals surface area contributed by atoms with Gasteiger partial charge in [-0.3, -0.25) is 14.5 Å². The molecule has 0 amide bonds. The summed E-state index contributed by atoms with van der Waals surface area (Å²) in [5.41, 5.74) is 0. The molecule has 0 atom stereocenters. The maximum atomic E-state index is 3.77. The Balaban J connectivity index is -0.0000000528. The summed E-state index contributed by atoms with van der Waals surface area (Å²) < 4.78 is 0. The van der Waals surface area contributed by atoms with Gasteiger partial charge in [0.2, 0.25) is 0 Å². The fourth-order valence-corrected chi connectivity index (χ4v) is 0. The van der Waals surface area contributed by atoms with Crippen LogP contribution in [0.5, 0.6) is 0 Å². The van der Waals surface area contributed by atoms with Gasteiger partial charge in [0.15, 0.2) is 0 Å². The molecule has 0 aromatic carbocycles. The monoisotopic (exact) mass is 826 g/mol. The van der Waals surface area contributed by atoms with Crippen LogP contribution in [0.4, 0.5) is 0 Å². The molecule has 14 heavy (non-hydrogen) atoms. The summed E-state index contributed by atoms with van der Waals surface area (Å²) in [5, 5.41) is 0. The standard InChI is InChI=1S/2C4H10P.2Au.2HI/c2*1-5(2,3)4;;;;/h2*1-2H2,3-4H3;;;2*1H/q2*-1;2*+1;;/p-2. The van der Waals surface area contributed by atoms with E-state index in [0.29, 0.717) is 0 Å². The van der Waals surface area contributed by atoms with Gasteiger partial charge in [-0.2, -0.15) is 0 Å². The summed E-state index contributed by atoms with van der Waals surface area (Å²) in [6.07, 6.45) is 0. The van der Waals surface area contributed by atoms with Gasteiger partial charge in [0.05, 0.1) is 0 Å². The Morgan fingerprint density at radius 1 is 0.643 bits per heavy atom. The molecule has 0 nitrogen and oxygen atoms in total. The summed E-state index contributed by atoms with van der Waals surface area (Å²) in [6, 6.07) is 0. The second kappa shape index (κ2) is 16.8. The molecule has 0 aliphatic heterocycles. The van der Waals surface area contributed by atoms with Crippen molar-refractivity contribution in [1.29, 1.82) is 0 Å². The first kappa shape index (κ1) is 26.4. The van der Waals surface area contributed by atoms with Crippen molar-refractivity contribution in [1.82, 2.24) is 0 Å². The zero-order valence-corrected chi connectivity index (χ0v) is 19.5. The van der Waals surface area contributed by atoms with Crippen LogP contribution < -0.4 is 0 Å². The predicted octanol–water partition coefficient (Wildman–Crippen LogP) is 5.46. The Kier molecular flexibility index (Phi) is 31.7. The van der Waals surface area contributed by atoms with Crippen molar-refractivity contribution in [3.63, 3.8) is 0 Å². The average Bonchev–Trinajstić information content (AvgIpc) is 1.88. The second-order valence-corrected chi connectivity index (χ2v) is 11.6. The first-order chi connectivity index (χ1) is 6.00. The van der Waals surface area contributed by atoms with E-state index in [9.17, 15) is 0 Å². The molecule has 0 saturated carbocycles. The Bertz CT molecular complexity index is 66.3. The third-order valence-corrected chi connectivity index (χ3v) is 0. The third kappa shape index (κ3) is 240. The normalized spacial score (nSPS) is 9.57. The average molecular weight is 826 g/mol. The molecule has 100 valence electrons. The van der Waals surface area contributed by atoms with Crippen molar-refractivity contribution in [2.24, 2.45) is 0 Å². The molecule has 0 fully saturated rings. The minimum absolute atomic E-state index is 0.889. The molecule has 0 radical (unpaired) electrons. The molecule has 0 bridgehead atoms. The Hall–Kier alpha value is 3.80. The van der Waals surface area contributed by atoms with Crippen LogP contribution in [0.25, 0.3) is 0 Å². The molecule has 0 saturated heterocycles. The molecule has 0 aromatic rings. The van der Waals surface area contributed by atoms with Crippen LogP contribution in [-0.2, 0) is 34.5 Å².